The van der Waals surface area contributed by atoms with Crippen molar-refractivity contribution in [2.75, 3.05) is 39.4 Å². The van der Waals surface area contributed by atoms with Gasteiger partial charge >= 0.3 is 0 Å². The SMILES string of the molecule is CCCN(CCN)CCOCC(C)C. The molecule has 0 bridgehead atoms. The molecular weight excluding hydrogens is 176 g/mol. The van der Waals surface area contributed by atoms with Gasteiger partial charge in [-0.05, 0) is 18.9 Å². The van der Waals surface area contributed by atoms with E-state index in [1.54, 1.807) is 0 Å². The summed E-state index contributed by atoms with van der Waals surface area (Å²) in [6.45, 7) is 12.1. The van der Waals surface area contributed by atoms with Gasteiger partial charge in [-0.25, -0.2) is 0 Å². The molecule has 14 heavy (non-hydrogen) atoms. The molecule has 0 aromatic rings. The molecule has 2 N–H and O–H groups in total. The Balaban J connectivity index is 3.40. The fourth-order valence-electron chi connectivity index (χ4n) is 1.35. The zero-order valence-electron chi connectivity index (χ0n) is 9.96. The molecule has 0 aliphatic carbocycles. The molecule has 0 fully saturated rings. The Bertz CT molecular complexity index is 112. The van der Waals surface area contributed by atoms with Gasteiger partial charge in [0.2, 0.25) is 0 Å². The molecule has 0 aliphatic heterocycles. The van der Waals surface area contributed by atoms with E-state index < -0.39 is 0 Å². The first kappa shape index (κ1) is 13.9. The van der Waals surface area contributed by atoms with Crippen molar-refractivity contribution in [1.29, 1.82) is 0 Å². The topological polar surface area (TPSA) is 38.5 Å². The molecule has 0 aromatic carbocycles. The first-order valence-corrected chi connectivity index (χ1v) is 5.70. The van der Waals surface area contributed by atoms with E-state index in [1.807, 2.05) is 0 Å². The van der Waals surface area contributed by atoms with Crippen molar-refractivity contribution in [2.24, 2.45) is 11.7 Å². The van der Waals surface area contributed by atoms with Gasteiger partial charge in [0.05, 0.1) is 6.61 Å². The monoisotopic (exact) mass is 202 g/mol. The van der Waals surface area contributed by atoms with E-state index >= 15 is 0 Å². The van der Waals surface area contributed by atoms with Gasteiger partial charge in [0.25, 0.3) is 0 Å². The van der Waals surface area contributed by atoms with Crippen LogP contribution in [0.1, 0.15) is 27.2 Å². The molecular formula is C11H26N2O. The number of nitrogens with two attached hydrogens (primary N) is 1. The van der Waals surface area contributed by atoms with Crippen LogP contribution in [0, 0.1) is 5.92 Å². The second-order valence-electron chi connectivity index (χ2n) is 4.10. The number of ether oxygens (including phenoxy) is 1. The van der Waals surface area contributed by atoms with Gasteiger partial charge in [0, 0.05) is 26.2 Å². The van der Waals surface area contributed by atoms with Crippen LogP contribution in [0.15, 0.2) is 0 Å². The van der Waals surface area contributed by atoms with Crippen LogP contribution in [0.2, 0.25) is 0 Å². The predicted octanol–water partition coefficient (Wildman–Crippen LogP) is 1.33. The molecule has 3 nitrogen and oxygen atoms in total. The van der Waals surface area contributed by atoms with Crippen molar-refractivity contribution in [3.8, 4) is 0 Å². The maximum Gasteiger partial charge on any atom is 0.0593 e. The van der Waals surface area contributed by atoms with Crippen molar-refractivity contribution >= 4 is 0 Å². The second kappa shape index (κ2) is 9.44. The maximum absolute atomic E-state index is 5.54. The lowest BCUT2D eigenvalue weighted by Crippen LogP contribution is -2.33. The Morgan fingerprint density at radius 2 is 1.93 bits per heavy atom. The van der Waals surface area contributed by atoms with Crippen molar-refractivity contribution in [1.82, 2.24) is 4.90 Å². The fraction of sp³-hybridized carbons (Fsp3) is 1.00. The highest BCUT2D eigenvalue weighted by Crippen LogP contribution is 1.94. The molecule has 0 saturated heterocycles. The summed E-state index contributed by atoms with van der Waals surface area (Å²) in [5.74, 6) is 0.629. The van der Waals surface area contributed by atoms with Crippen molar-refractivity contribution in [3.05, 3.63) is 0 Å². The van der Waals surface area contributed by atoms with Crippen molar-refractivity contribution in [2.45, 2.75) is 27.2 Å². The molecule has 0 saturated carbocycles. The van der Waals surface area contributed by atoms with Crippen LogP contribution in [0.5, 0.6) is 0 Å². The summed E-state index contributed by atoms with van der Waals surface area (Å²) in [4.78, 5) is 2.36. The Morgan fingerprint density at radius 3 is 2.43 bits per heavy atom. The Morgan fingerprint density at radius 1 is 1.21 bits per heavy atom. The molecule has 0 atom stereocenters. The van der Waals surface area contributed by atoms with Gasteiger partial charge in [-0.15, -0.1) is 0 Å². The summed E-state index contributed by atoms with van der Waals surface area (Å²) in [6.07, 6.45) is 1.18. The highest BCUT2D eigenvalue weighted by molar-refractivity contribution is 4.56. The highest BCUT2D eigenvalue weighted by Gasteiger charge is 2.02. The van der Waals surface area contributed by atoms with Gasteiger partial charge in [-0.1, -0.05) is 20.8 Å². The molecule has 0 radical (unpaired) electrons. The summed E-state index contributed by atoms with van der Waals surface area (Å²) < 4.78 is 5.54. The van der Waals surface area contributed by atoms with E-state index in [-0.39, 0.29) is 0 Å². The lowest BCUT2D eigenvalue weighted by molar-refractivity contribution is 0.0861. The first-order chi connectivity index (χ1) is 6.70. The maximum atomic E-state index is 5.54. The molecule has 0 amide bonds. The van der Waals surface area contributed by atoms with Crippen LogP contribution < -0.4 is 5.73 Å². The molecule has 0 unspecified atom stereocenters. The highest BCUT2D eigenvalue weighted by atomic mass is 16.5. The standard InChI is InChI=1S/C11H26N2O/c1-4-6-13(7-5-12)8-9-14-10-11(2)3/h11H,4-10,12H2,1-3H3. The number of hydrogen-bond donors (Lipinski definition) is 1. The zero-order chi connectivity index (χ0) is 10.8. The Hall–Kier alpha value is -0.120. The van der Waals surface area contributed by atoms with Crippen LogP contribution in [0.3, 0.4) is 0 Å². The summed E-state index contributed by atoms with van der Waals surface area (Å²) in [5.41, 5.74) is 5.53. The molecule has 0 aliphatic rings. The lowest BCUT2D eigenvalue weighted by Gasteiger charge is -2.20. The number of rotatable bonds is 9. The van der Waals surface area contributed by atoms with Gasteiger partial charge in [-0.3, -0.25) is 4.90 Å². The van der Waals surface area contributed by atoms with Crippen LogP contribution in [-0.2, 0) is 4.74 Å². The van der Waals surface area contributed by atoms with Crippen LogP contribution >= 0.6 is 0 Å². The minimum atomic E-state index is 0.629. The largest absolute Gasteiger partial charge is 0.380 e. The fourth-order valence-corrected chi connectivity index (χ4v) is 1.35. The first-order valence-electron chi connectivity index (χ1n) is 5.70. The third-order valence-corrected chi connectivity index (χ3v) is 1.99. The van der Waals surface area contributed by atoms with Crippen molar-refractivity contribution in [3.63, 3.8) is 0 Å². The summed E-state index contributed by atoms with van der Waals surface area (Å²) >= 11 is 0. The van der Waals surface area contributed by atoms with Crippen LogP contribution in [0.25, 0.3) is 0 Å². The molecule has 0 rings (SSSR count). The van der Waals surface area contributed by atoms with Crippen LogP contribution in [-0.4, -0.2) is 44.3 Å². The summed E-state index contributed by atoms with van der Waals surface area (Å²) in [7, 11) is 0. The normalized spacial score (nSPS) is 11.6. The summed E-state index contributed by atoms with van der Waals surface area (Å²) in [6, 6.07) is 0. The Kier molecular flexibility index (Phi) is 9.35. The number of hydrogen-bond acceptors (Lipinski definition) is 3. The van der Waals surface area contributed by atoms with Crippen LogP contribution in [0.4, 0.5) is 0 Å². The molecule has 0 heterocycles. The van der Waals surface area contributed by atoms with Crippen molar-refractivity contribution < 1.29 is 4.74 Å². The average Bonchev–Trinajstić information content (AvgIpc) is 2.12. The van der Waals surface area contributed by atoms with E-state index in [4.69, 9.17) is 10.5 Å². The van der Waals surface area contributed by atoms with E-state index in [1.165, 1.54) is 6.42 Å². The molecule has 0 aromatic heterocycles. The Labute approximate surface area is 88.6 Å². The minimum absolute atomic E-state index is 0.629. The average molecular weight is 202 g/mol. The zero-order valence-corrected chi connectivity index (χ0v) is 9.96. The quantitative estimate of drug-likeness (QED) is 0.573. The molecule has 3 heteroatoms. The summed E-state index contributed by atoms with van der Waals surface area (Å²) in [5, 5.41) is 0. The van der Waals surface area contributed by atoms with Gasteiger partial charge in [-0.2, -0.15) is 0 Å². The van der Waals surface area contributed by atoms with E-state index in [9.17, 15) is 0 Å². The minimum Gasteiger partial charge on any atom is -0.380 e. The third kappa shape index (κ3) is 8.48. The van der Waals surface area contributed by atoms with Gasteiger partial charge in [0.15, 0.2) is 0 Å². The third-order valence-electron chi connectivity index (χ3n) is 1.99. The van der Waals surface area contributed by atoms with E-state index in [0.717, 1.165) is 39.4 Å². The number of nitrogens with zero attached hydrogens (tertiary/aromatic N) is 1. The van der Waals surface area contributed by atoms with E-state index in [0.29, 0.717) is 5.92 Å². The van der Waals surface area contributed by atoms with Gasteiger partial charge in [0.1, 0.15) is 0 Å². The predicted molar refractivity (Wildman–Crippen MR) is 61.4 cm³/mol. The molecule has 0 spiro atoms. The van der Waals surface area contributed by atoms with E-state index in [2.05, 4.69) is 25.7 Å². The second-order valence-corrected chi connectivity index (χ2v) is 4.10. The lowest BCUT2D eigenvalue weighted by atomic mass is 10.2. The molecule has 86 valence electrons. The smallest absolute Gasteiger partial charge is 0.0593 e. The van der Waals surface area contributed by atoms with Gasteiger partial charge < -0.3 is 10.5 Å².